The fourth-order valence-corrected chi connectivity index (χ4v) is 2.09. The first kappa shape index (κ1) is 16.4. The number of ether oxygens (including phenoxy) is 1. The van der Waals surface area contributed by atoms with Crippen molar-refractivity contribution >= 4 is 5.69 Å². The van der Waals surface area contributed by atoms with Crippen LogP contribution >= 0.6 is 0 Å². The molecule has 0 spiro atoms. The van der Waals surface area contributed by atoms with Gasteiger partial charge in [-0.2, -0.15) is 5.26 Å². The maximum Gasteiger partial charge on any atom is 0.146 e. The Kier molecular flexibility index (Phi) is 6.99. The highest BCUT2D eigenvalue weighted by molar-refractivity contribution is 5.56. The van der Waals surface area contributed by atoms with Gasteiger partial charge in [-0.3, -0.25) is 0 Å². The van der Waals surface area contributed by atoms with Gasteiger partial charge in [-0.1, -0.05) is 12.1 Å². The van der Waals surface area contributed by atoms with Crippen LogP contribution < -0.4 is 10.2 Å². The molecule has 1 aromatic rings. The lowest BCUT2D eigenvalue weighted by atomic mass is 10.0. The molecule has 0 saturated carbocycles. The third-order valence-corrected chi connectivity index (χ3v) is 3.29. The SMILES string of the molecule is CNC(C)c1cccc(F)c1N(CCC#N)CCOC. The number of nitriles is 1. The second-order valence-electron chi connectivity index (χ2n) is 4.58. The Morgan fingerprint density at radius 2 is 2.20 bits per heavy atom. The Bertz CT molecular complexity index is 459. The molecule has 5 heteroatoms. The van der Waals surface area contributed by atoms with Crippen molar-refractivity contribution < 1.29 is 9.13 Å². The summed E-state index contributed by atoms with van der Waals surface area (Å²) in [5.74, 6) is -0.265. The molecule has 0 fully saturated rings. The molecule has 110 valence electrons. The summed E-state index contributed by atoms with van der Waals surface area (Å²) in [5.41, 5.74) is 1.45. The third-order valence-electron chi connectivity index (χ3n) is 3.29. The van der Waals surface area contributed by atoms with E-state index in [0.29, 0.717) is 31.8 Å². The monoisotopic (exact) mass is 279 g/mol. The Morgan fingerprint density at radius 3 is 2.80 bits per heavy atom. The minimum absolute atomic E-state index is 0.0350. The Morgan fingerprint density at radius 1 is 1.45 bits per heavy atom. The van der Waals surface area contributed by atoms with Crippen LogP contribution in [0.25, 0.3) is 0 Å². The maximum atomic E-state index is 14.3. The highest BCUT2D eigenvalue weighted by Gasteiger charge is 2.18. The van der Waals surface area contributed by atoms with Crippen LogP contribution in [-0.2, 0) is 4.74 Å². The smallest absolute Gasteiger partial charge is 0.146 e. The topological polar surface area (TPSA) is 48.3 Å². The normalized spacial score (nSPS) is 11.9. The molecule has 0 saturated heterocycles. The highest BCUT2D eigenvalue weighted by Crippen LogP contribution is 2.29. The summed E-state index contributed by atoms with van der Waals surface area (Å²) in [7, 11) is 3.45. The molecule has 0 heterocycles. The number of rotatable bonds is 8. The number of hydrogen-bond acceptors (Lipinski definition) is 4. The highest BCUT2D eigenvalue weighted by atomic mass is 19.1. The van der Waals surface area contributed by atoms with Gasteiger partial charge in [-0.15, -0.1) is 0 Å². The molecule has 0 aromatic heterocycles. The maximum absolute atomic E-state index is 14.3. The lowest BCUT2D eigenvalue weighted by Crippen LogP contribution is -2.31. The first-order valence-electron chi connectivity index (χ1n) is 6.72. The average Bonchev–Trinajstić information content (AvgIpc) is 2.47. The number of anilines is 1. The molecular weight excluding hydrogens is 257 g/mol. The molecule has 1 N–H and O–H groups in total. The zero-order valence-electron chi connectivity index (χ0n) is 12.3. The second-order valence-corrected chi connectivity index (χ2v) is 4.58. The Balaban J connectivity index is 3.12. The van der Waals surface area contributed by atoms with E-state index in [0.717, 1.165) is 5.56 Å². The van der Waals surface area contributed by atoms with E-state index < -0.39 is 0 Å². The molecule has 1 atom stereocenters. The van der Waals surface area contributed by atoms with E-state index in [4.69, 9.17) is 10.00 Å². The molecule has 0 aliphatic rings. The molecule has 20 heavy (non-hydrogen) atoms. The number of hydrogen-bond donors (Lipinski definition) is 1. The lowest BCUT2D eigenvalue weighted by molar-refractivity contribution is 0.205. The van der Waals surface area contributed by atoms with Gasteiger partial charge in [0.15, 0.2) is 0 Å². The molecule has 0 radical (unpaired) electrons. The van der Waals surface area contributed by atoms with Crippen molar-refractivity contribution in [2.75, 3.05) is 38.8 Å². The van der Waals surface area contributed by atoms with Crippen LogP contribution in [0.1, 0.15) is 24.9 Å². The predicted octanol–water partition coefficient (Wildman–Crippen LogP) is 2.47. The summed E-state index contributed by atoms with van der Waals surface area (Å²) in [6.07, 6.45) is 0.353. The van der Waals surface area contributed by atoms with Gasteiger partial charge in [0.05, 0.1) is 24.8 Å². The van der Waals surface area contributed by atoms with Crippen LogP contribution in [-0.4, -0.2) is 33.9 Å². The zero-order valence-corrected chi connectivity index (χ0v) is 12.3. The summed E-state index contributed by atoms with van der Waals surface area (Å²) < 4.78 is 19.3. The lowest BCUT2D eigenvalue weighted by Gasteiger charge is -2.28. The van der Waals surface area contributed by atoms with Crippen LogP contribution in [0.15, 0.2) is 18.2 Å². The minimum atomic E-state index is -0.265. The minimum Gasteiger partial charge on any atom is -0.383 e. The van der Waals surface area contributed by atoms with Crippen molar-refractivity contribution in [1.82, 2.24) is 5.32 Å². The standard InChI is InChI=1S/C15H22FN3O/c1-12(18-2)13-6-4-7-14(16)15(13)19(9-5-8-17)10-11-20-3/h4,6-7,12,18H,5,9-11H2,1-3H3. The van der Waals surface area contributed by atoms with Crippen LogP contribution in [0.4, 0.5) is 10.1 Å². The van der Waals surface area contributed by atoms with E-state index in [1.807, 2.05) is 24.9 Å². The molecule has 1 rings (SSSR count). The van der Waals surface area contributed by atoms with E-state index in [1.165, 1.54) is 6.07 Å². The molecule has 0 aliphatic carbocycles. The van der Waals surface area contributed by atoms with Gasteiger partial charge in [0.25, 0.3) is 0 Å². The van der Waals surface area contributed by atoms with Crippen molar-refractivity contribution in [1.29, 1.82) is 5.26 Å². The largest absolute Gasteiger partial charge is 0.383 e. The number of halogens is 1. The van der Waals surface area contributed by atoms with Crippen molar-refractivity contribution in [3.05, 3.63) is 29.6 Å². The quantitative estimate of drug-likeness (QED) is 0.794. The first-order valence-corrected chi connectivity index (χ1v) is 6.72. The zero-order chi connectivity index (χ0) is 15.0. The fourth-order valence-electron chi connectivity index (χ4n) is 2.09. The Labute approximate surface area is 120 Å². The van der Waals surface area contributed by atoms with E-state index in [1.54, 1.807) is 13.2 Å². The van der Waals surface area contributed by atoms with E-state index in [2.05, 4.69) is 11.4 Å². The van der Waals surface area contributed by atoms with Crippen molar-refractivity contribution in [3.63, 3.8) is 0 Å². The van der Waals surface area contributed by atoms with Crippen molar-refractivity contribution in [2.24, 2.45) is 0 Å². The molecular formula is C15H22FN3O. The average molecular weight is 279 g/mol. The van der Waals surface area contributed by atoms with E-state index in [-0.39, 0.29) is 11.9 Å². The predicted molar refractivity (Wildman–Crippen MR) is 78.2 cm³/mol. The van der Waals surface area contributed by atoms with Gasteiger partial charge < -0.3 is 15.0 Å². The molecule has 1 unspecified atom stereocenters. The summed E-state index contributed by atoms with van der Waals surface area (Å²) in [6.45, 7) is 3.52. The number of benzene rings is 1. The molecule has 1 aromatic carbocycles. The van der Waals surface area contributed by atoms with Crippen LogP contribution in [0.3, 0.4) is 0 Å². The Hall–Kier alpha value is -1.64. The fraction of sp³-hybridized carbons (Fsp3) is 0.533. The molecule has 4 nitrogen and oxygen atoms in total. The van der Waals surface area contributed by atoms with Gasteiger partial charge >= 0.3 is 0 Å². The second kappa shape index (κ2) is 8.51. The first-order chi connectivity index (χ1) is 9.65. The molecule has 0 amide bonds. The number of nitrogens with one attached hydrogen (secondary N) is 1. The molecule has 0 aliphatic heterocycles. The van der Waals surface area contributed by atoms with E-state index >= 15 is 0 Å². The van der Waals surface area contributed by atoms with Crippen LogP contribution in [0.2, 0.25) is 0 Å². The van der Waals surface area contributed by atoms with Gasteiger partial charge in [-0.05, 0) is 25.6 Å². The summed E-state index contributed by atoms with van der Waals surface area (Å²) in [4.78, 5) is 1.88. The molecule has 0 bridgehead atoms. The van der Waals surface area contributed by atoms with Crippen molar-refractivity contribution in [2.45, 2.75) is 19.4 Å². The van der Waals surface area contributed by atoms with Gasteiger partial charge in [0.1, 0.15) is 5.82 Å². The summed E-state index contributed by atoms with van der Waals surface area (Å²) in [6, 6.07) is 7.21. The summed E-state index contributed by atoms with van der Waals surface area (Å²) >= 11 is 0. The third kappa shape index (κ3) is 4.19. The van der Waals surface area contributed by atoms with Gasteiger partial charge in [0, 0.05) is 26.2 Å². The van der Waals surface area contributed by atoms with Crippen molar-refractivity contribution in [3.8, 4) is 6.07 Å². The number of para-hydroxylation sites is 1. The number of methoxy groups -OCH3 is 1. The van der Waals surface area contributed by atoms with Crippen LogP contribution in [0, 0.1) is 17.1 Å². The van der Waals surface area contributed by atoms with Gasteiger partial charge in [-0.25, -0.2) is 4.39 Å². The summed E-state index contributed by atoms with van der Waals surface area (Å²) in [5, 5.41) is 11.9. The van der Waals surface area contributed by atoms with Crippen LogP contribution in [0.5, 0.6) is 0 Å². The number of nitrogens with zero attached hydrogens (tertiary/aromatic N) is 2. The van der Waals surface area contributed by atoms with E-state index in [9.17, 15) is 4.39 Å². The van der Waals surface area contributed by atoms with Gasteiger partial charge in [0.2, 0.25) is 0 Å².